The first-order valence-electron chi connectivity index (χ1n) is 9.61. The van der Waals surface area contributed by atoms with Crippen LogP contribution in [0.5, 0.6) is 5.75 Å². The molecule has 0 aliphatic heterocycles. The van der Waals surface area contributed by atoms with E-state index >= 15 is 0 Å². The summed E-state index contributed by atoms with van der Waals surface area (Å²) >= 11 is 0. The predicted octanol–water partition coefficient (Wildman–Crippen LogP) is 3.63. The zero-order valence-electron chi connectivity index (χ0n) is 17.1. The molecular formula is C24H19F2N3O3. The zero-order valence-corrected chi connectivity index (χ0v) is 17.1. The minimum Gasteiger partial charge on any atom is -0.489 e. The van der Waals surface area contributed by atoms with Crippen LogP contribution in [0.3, 0.4) is 0 Å². The lowest BCUT2D eigenvalue weighted by molar-refractivity contribution is -0.122. The van der Waals surface area contributed by atoms with Gasteiger partial charge in [-0.2, -0.15) is 5.26 Å². The minimum absolute atomic E-state index is 0.104. The van der Waals surface area contributed by atoms with Crippen LogP contribution >= 0.6 is 0 Å². The van der Waals surface area contributed by atoms with E-state index in [-0.39, 0.29) is 17.7 Å². The number of halogens is 2. The van der Waals surface area contributed by atoms with Crippen molar-refractivity contribution in [2.45, 2.75) is 12.6 Å². The normalized spacial score (nSPS) is 11.2. The van der Waals surface area contributed by atoms with Gasteiger partial charge in [0.2, 0.25) is 5.91 Å². The third-order valence-corrected chi connectivity index (χ3v) is 4.71. The SMILES string of the molecule is CNC(=O)C(NC(=O)c1ccc(OCc2ccccc2C#N)cc1)c1ccc(F)c(F)c1. The smallest absolute Gasteiger partial charge is 0.252 e. The summed E-state index contributed by atoms with van der Waals surface area (Å²) in [4.78, 5) is 24.9. The summed E-state index contributed by atoms with van der Waals surface area (Å²) in [7, 11) is 1.37. The molecule has 2 N–H and O–H groups in total. The Bertz CT molecular complexity index is 1170. The highest BCUT2D eigenvalue weighted by Crippen LogP contribution is 2.19. The summed E-state index contributed by atoms with van der Waals surface area (Å²) in [6.45, 7) is 0.185. The molecule has 0 saturated carbocycles. The van der Waals surface area contributed by atoms with E-state index in [0.29, 0.717) is 11.3 Å². The number of hydrogen-bond donors (Lipinski definition) is 2. The van der Waals surface area contributed by atoms with Crippen molar-refractivity contribution in [1.29, 1.82) is 5.26 Å². The molecule has 8 heteroatoms. The number of carbonyl (C=O) groups is 2. The Hall–Kier alpha value is -4.25. The summed E-state index contributed by atoms with van der Waals surface area (Å²) in [5.74, 6) is -2.85. The van der Waals surface area contributed by atoms with E-state index in [9.17, 15) is 18.4 Å². The Kier molecular flexibility index (Phi) is 7.13. The molecule has 3 aromatic carbocycles. The molecule has 0 radical (unpaired) electrons. The molecular weight excluding hydrogens is 416 g/mol. The first kappa shape index (κ1) is 22.4. The Labute approximate surface area is 183 Å². The summed E-state index contributed by atoms with van der Waals surface area (Å²) in [5, 5.41) is 14.0. The van der Waals surface area contributed by atoms with E-state index in [2.05, 4.69) is 16.7 Å². The summed E-state index contributed by atoms with van der Waals surface area (Å²) in [6, 6.07) is 17.1. The summed E-state index contributed by atoms with van der Waals surface area (Å²) in [5.41, 5.74) is 1.59. The summed E-state index contributed by atoms with van der Waals surface area (Å²) in [6.07, 6.45) is 0. The van der Waals surface area contributed by atoms with Gasteiger partial charge in [-0.15, -0.1) is 0 Å². The third kappa shape index (κ3) is 5.26. The number of hydrogen-bond acceptors (Lipinski definition) is 4. The Balaban J connectivity index is 1.70. The third-order valence-electron chi connectivity index (χ3n) is 4.71. The largest absolute Gasteiger partial charge is 0.489 e. The van der Waals surface area contributed by atoms with E-state index in [4.69, 9.17) is 10.00 Å². The van der Waals surface area contributed by atoms with Crippen LogP contribution in [0.1, 0.15) is 33.1 Å². The van der Waals surface area contributed by atoms with Gasteiger partial charge in [-0.1, -0.05) is 24.3 Å². The second kappa shape index (κ2) is 10.2. The van der Waals surface area contributed by atoms with Gasteiger partial charge in [0.1, 0.15) is 18.4 Å². The lowest BCUT2D eigenvalue weighted by atomic mass is 10.0. The highest BCUT2D eigenvalue weighted by Gasteiger charge is 2.23. The van der Waals surface area contributed by atoms with Crippen molar-refractivity contribution < 1.29 is 23.1 Å². The van der Waals surface area contributed by atoms with Crippen molar-refractivity contribution in [3.8, 4) is 11.8 Å². The fourth-order valence-electron chi connectivity index (χ4n) is 2.97. The molecule has 0 bridgehead atoms. The van der Waals surface area contributed by atoms with Crippen molar-refractivity contribution in [2.24, 2.45) is 0 Å². The predicted molar refractivity (Wildman–Crippen MR) is 113 cm³/mol. The van der Waals surface area contributed by atoms with Crippen molar-refractivity contribution >= 4 is 11.8 Å². The molecule has 1 unspecified atom stereocenters. The monoisotopic (exact) mass is 435 g/mol. The molecule has 0 aliphatic carbocycles. The van der Waals surface area contributed by atoms with Gasteiger partial charge in [0.15, 0.2) is 11.6 Å². The molecule has 3 aromatic rings. The van der Waals surface area contributed by atoms with Crippen LogP contribution in [0.4, 0.5) is 8.78 Å². The van der Waals surface area contributed by atoms with Crippen LogP contribution in [0.2, 0.25) is 0 Å². The lowest BCUT2D eigenvalue weighted by Crippen LogP contribution is -2.39. The molecule has 0 saturated heterocycles. The van der Waals surface area contributed by atoms with E-state index in [1.165, 1.54) is 25.2 Å². The second-order valence-electron chi connectivity index (χ2n) is 6.78. The van der Waals surface area contributed by atoms with Gasteiger partial charge < -0.3 is 15.4 Å². The molecule has 0 aromatic heterocycles. The number of ether oxygens (including phenoxy) is 1. The molecule has 162 valence electrons. The van der Waals surface area contributed by atoms with Crippen LogP contribution in [0.15, 0.2) is 66.7 Å². The minimum atomic E-state index is -1.21. The molecule has 6 nitrogen and oxygen atoms in total. The molecule has 0 fully saturated rings. The van der Waals surface area contributed by atoms with Gasteiger partial charge in [-0.3, -0.25) is 9.59 Å². The van der Waals surface area contributed by atoms with Crippen molar-refractivity contribution in [2.75, 3.05) is 7.05 Å². The highest BCUT2D eigenvalue weighted by molar-refractivity contribution is 5.97. The summed E-state index contributed by atoms with van der Waals surface area (Å²) < 4.78 is 32.5. The zero-order chi connectivity index (χ0) is 23.1. The first-order valence-corrected chi connectivity index (χ1v) is 9.61. The maximum Gasteiger partial charge on any atom is 0.252 e. The number of amides is 2. The second-order valence-corrected chi connectivity index (χ2v) is 6.78. The van der Waals surface area contributed by atoms with Gasteiger partial charge >= 0.3 is 0 Å². The topological polar surface area (TPSA) is 91.2 Å². The molecule has 2 amide bonds. The molecule has 0 aliphatic rings. The van der Waals surface area contributed by atoms with Crippen LogP contribution in [-0.4, -0.2) is 18.9 Å². The average Bonchev–Trinajstić information content (AvgIpc) is 2.82. The first-order chi connectivity index (χ1) is 15.4. The lowest BCUT2D eigenvalue weighted by Gasteiger charge is -2.18. The van der Waals surface area contributed by atoms with Gasteiger partial charge in [0.25, 0.3) is 5.91 Å². The van der Waals surface area contributed by atoms with Crippen LogP contribution in [0, 0.1) is 23.0 Å². The fraction of sp³-hybridized carbons (Fsp3) is 0.125. The van der Waals surface area contributed by atoms with E-state index in [1.807, 2.05) is 6.07 Å². The van der Waals surface area contributed by atoms with E-state index in [1.54, 1.807) is 30.3 Å². The Morgan fingerprint density at radius 3 is 2.41 bits per heavy atom. The maximum atomic E-state index is 13.6. The van der Waals surface area contributed by atoms with Gasteiger partial charge in [-0.05, 0) is 48.0 Å². The Morgan fingerprint density at radius 2 is 1.75 bits per heavy atom. The van der Waals surface area contributed by atoms with Crippen molar-refractivity contribution in [3.05, 3.63) is 101 Å². The number of carbonyl (C=O) groups excluding carboxylic acids is 2. The quantitative estimate of drug-likeness (QED) is 0.593. The van der Waals surface area contributed by atoms with Crippen LogP contribution in [-0.2, 0) is 11.4 Å². The number of nitrogens with zero attached hydrogens (tertiary/aromatic N) is 1. The van der Waals surface area contributed by atoms with Crippen LogP contribution in [0.25, 0.3) is 0 Å². The van der Waals surface area contributed by atoms with E-state index < -0.39 is 29.5 Å². The average molecular weight is 435 g/mol. The van der Waals surface area contributed by atoms with Crippen molar-refractivity contribution in [1.82, 2.24) is 10.6 Å². The molecule has 3 rings (SSSR count). The maximum absolute atomic E-state index is 13.6. The van der Waals surface area contributed by atoms with Gasteiger partial charge in [0, 0.05) is 18.2 Å². The number of likely N-dealkylation sites (N-methyl/N-ethyl adjacent to an activating group) is 1. The molecule has 0 spiro atoms. The van der Waals surface area contributed by atoms with E-state index in [0.717, 1.165) is 17.7 Å². The highest BCUT2D eigenvalue weighted by atomic mass is 19.2. The molecule has 1 atom stereocenters. The number of nitriles is 1. The molecule has 0 heterocycles. The van der Waals surface area contributed by atoms with Crippen molar-refractivity contribution in [3.63, 3.8) is 0 Å². The number of benzene rings is 3. The Morgan fingerprint density at radius 1 is 1.03 bits per heavy atom. The standard InChI is InChI=1S/C24H19F2N3O3/c1-28-24(31)22(16-8-11-20(25)21(26)12-16)29-23(30)15-6-9-19(10-7-15)32-14-18-5-3-2-4-17(18)13-27/h2-12,22H,14H2,1H3,(H,28,31)(H,29,30). The van der Waals surface area contributed by atoms with Gasteiger partial charge in [-0.25, -0.2) is 8.78 Å². The van der Waals surface area contributed by atoms with Crippen LogP contribution < -0.4 is 15.4 Å². The molecule has 32 heavy (non-hydrogen) atoms. The number of nitrogens with one attached hydrogen (secondary N) is 2. The number of rotatable bonds is 7. The van der Waals surface area contributed by atoms with Gasteiger partial charge in [0.05, 0.1) is 11.6 Å². The fourth-order valence-corrected chi connectivity index (χ4v) is 2.97.